The molecule has 3 rings (SSSR count). The number of carbonyl (C=O) groups excluding carboxylic acids is 1. The summed E-state index contributed by atoms with van der Waals surface area (Å²) >= 11 is 0. The normalized spacial score (nSPS) is 30.1. The number of hydrogen-bond acceptors (Lipinski definition) is 4. The highest BCUT2D eigenvalue weighted by Crippen LogP contribution is 2.21. The van der Waals surface area contributed by atoms with Crippen molar-refractivity contribution in [1.29, 1.82) is 0 Å². The van der Waals surface area contributed by atoms with Crippen LogP contribution in [0.3, 0.4) is 0 Å². The zero-order valence-corrected chi connectivity index (χ0v) is 14.8. The lowest BCUT2D eigenvalue weighted by Crippen LogP contribution is -2.52. The monoisotopic (exact) mass is 353 g/mol. The molecule has 2 unspecified atom stereocenters. The van der Waals surface area contributed by atoms with E-state index in [1.165, 1.54) is 32.4 Å². The first-order valence-corrected chi connectivity index (χ1v) is 8.18. The molecule has 2 atom stereocenters. The average Bonchev–Trinajstić information content (AvgIpc) is 2.92. The highest BCUT2D eigenvalue weighted by Gasteiger charge is 2.30. The molecule has 0 aromatic carbocycles. The van der Waals surface area contributed by atoms with Gasteiger partial charge in [-0.15, -0.1) is 24.8 Å². The maximum absolute atomic E-state index is 12.5. The highest BCUT2D eigenvalue weighted by molar-refractivity contribution is 5.85. The number of amides is 1. The van der Waals surface area contributed by atoms with E-state index < -0.39 is 0 Å². The molecule has 0 aromatic rings. The molecule has 0 spiro atoms. The zero-order chi connectivity index (χ0) is 13.8. The Labute approximate surface area is 145 Å². The second-order valence-electron chi connectivity index (χ2n) is 6.23. The predicted octanol–water partition coefficient (Wildman–Crippen LogP) is 1.30. The van der Waals surface area contributed by atoms with E-state index in [1.807, 2.05) is 0 Å². The Hall–Kier alpha value is -0.0700. The summed E-state index contributed by atoms with van der Waals surface area (Å²) in [5, 5.41) is 3.28. The average molecular weight is 354 g/mol. The number of halogens is 2. The van der Waals surface area contributed by atoms with Crippen LogP contribution in [0.15, 0.2) is 0 Å². The van der Waals surface area contributed by atoms with Gasteiger partial charge < -0.3 is 19.9 Å². The van der Waals surface area contributed by atoms with Crippen LogP contribution in [0.5, 0.6) is 0 Å². The number of likely N-dealkylation sites (tertiary alicyclic amines) is 2. The van der Waals surface area contributed by atoms with Gasteiger partial charge in [-0.25, -0.2) is 0 Å². The second kappa shape index (κ2) is 9.93. The molecule has 3 aliphatic heterocycles. The fraction of sp³-hybridized carbons (Fsp3) is 0.933. The van der Waals surface area contributed by atoms with Gasteiger partial charge in [0.2, 0.25) is 5.91 Å². The van der Waals surface area contributed by atoms with E-state index >= 15 is 0 Å². The molecule has 130 valence electrons. The van der Waals surface area contributed by atoms with Gasteiger partial charge in [0.1, 0.15) is 6.04 Å². The molecule has 3 heterocycles. The standard InChI is InChI=1S/C15H27N3O2.2ClH/c19-15(14-12-20-11-6-16-14)18-9-3-4-13(5-10-18)17-7-1-2-8-17;;/h13-14,16H,1-12H2;2*1H. The van der Waals surface area contributed by atoms with Crippen LogP contribution in [0.25, 0.3) is 0 Å². The summed E-state index contributed by atoms with van der Waals surface area (Å²) in [6.07, 6.45) is 6.23. The number of carbonyl (C=O) groups is 1. The Morgan fingerprint density at radius 2 is 1.77 bits per heavy atom. The van der Waals surface area contributed by atoms with Crippen molar-refractivity contribution in [2.75, 3.05) is 45.9 Å². The van der Waals surface area contributed by atoms with Crippen molar-refractivity contribution in [3.63, 3.8) is 0 Å². The first-order chi connectivity index (χ1) is 9.84. The molecular weight excluding hydrogens is 325 g/mol. The number of morpholine rings is 1. The lowest BCUT2D eigenvalue weighted by Gasteiger charge is -2.30. The van der Waals surface area contributed by atoms with E-state index in [1.54, 1.807) is 0 Å². The van der Waals surface area contributed by atoms with E-state index in [-0.39, 0.29) is 36.8 Å². The Balaban J connectivity index is 0.00000121. The van der Waals surface area contributed by atoms with Crippen molar-refractivity contribution in [2.24, 2.45) is 0 Å². The Bertz CT molecular complexity index is 335. The second-order valence-corrected chi connectivity index (χ2v) is 6.23. The molecule has 0 aliphatic carbocycles. The van der Waals surface area contributed by atoms with Crippen molar-refractivity contribution in [1.82, 2.24) is 15.1 Å². The van der Waals surface area contributed by atoms with Crippen molar-refractivity contribution in [3.05, 3.63) is 0 Å². The predicted molar refractivity (Wildman–Crippen MR) is 92.1 cm³/mol. The van der Waals surface area contributed by atoms with Gasteiger partial charge in [0.15, 0.2) is 0 Å². The van der Waals surface area contributed by atoms with Crippen LogP contribution in [-0.2, 0) is 9.53 Å². The Kier molecular flexibility index (Phi) is 9.02. The molecule has 1 amide bonds. The third kappa shape index (κ3) is 4.96. The maximum Gasteiger partial charge on any atom is 0.242 e. The zero-order valence-electron chi connectivity index (χ0n) is 13.2. The van der Waals surface area contributed by atoms with Gasteiger partial charge in [-0.05, 0) is 45.2 Å². The molecule has 7 heteroatoms. The number of rotatable bonds is 2. The van der Waals surface area contributed by atoms with Crippen LogP contribution in [0.2, 0.25) is 0 Å². The Morgan fingerprint density at radius 3 is 2.45 bits per heavy atom. The van der Waals surface area contributed by atoms with Crippen molar-refractivity contribution in [3.8, 4) is 0 Å². The van der Waals surface area contributed by atoms with Crippen LogP contribution in [0.4, 0.5) is 0 Å². The lowest BCUT2D eigenvalue weighted by atomic mass is 10.1. The molecule has 0 radical (unpaired) electrons. The summed E-state index contributed by atoms with van der Waals surface area (Å²) in [5.74, 6) is 0.242. The van der Waals surface area contributed by atoms with Gasteiger partial charge >= 0.3 is 0 Å². The molecule has 3 fully saturated rings. The summed E-state index contributed by atoms with van der Waals surface area (Å²) in [4.78, 5) is 17.2. The number of nitrogens with zero attached hydrogens (tertiary/aromatic N) is 2. The summed E-state index contributed by atoms with van der Waals surface area (Å²) < 4.78 is 5.41. The summed E-state index contributed by atoms with van der Waals surface area (Å²) in [6.45, 7) is 6.40. The first kappa shape index (κ1) is 20.0. The van der Waals surface area contributed by atoms with Crippen LogP contribution < -0.4 is 5.32 Å². The molecule has 22 heavy (non-hydrogen) atoms. The highest BCUT2D eigenvalue weighted by atomic mass is 35.5. The molecule has 3 saturated heterocycles. The third-order valence-electron chi connectivity index (χ3n) is 4.89. The van der Waals surface area contributed by atoms with Crippen molar-refractivity contribution in [2.45, 2.75) is 44.2 Å². The van der Waals surface area contributed by atoms with Crippen molar-refractivity contribution >= 4 is 30.7 Å². The topological polar surface area (TPSA) is 44.8 Å². The quantitative estimate of drug-likeness (QED) is 0.812. The molecular formula is C15H29Cl2N3O2. The van der Waals surface area contributed by atoms with E-state index in [2.05, 4.69) is 15.1 Å². The van der Waals surface area contributed by atoms with Crippen molar-refractivity contribution < 1.29 is 9.53 Å². The fourth-order valence-electron chi connectivity index (χ4n) is 3.72. The SMILES string of the molecule is Cl.Cl.O=C(C1COCCN1)N1CCCC(N2CCCC2)CC1. The van der Waals surface area contributed by atoms with Crippen LogP contribution >= 0.6 is 24.8 Å². The van der Waals surface area contributed by atoms with Crippen LogP contribution in [0.1, 0.15) is 32.1 Å². The summed E-state index contributed by atoms with van der Waals surface area (Å²) in [7, 11) is 0. The van der Waals surface area contributed by atoms with E-state index in [0.717, 1.165) is 39.1 Å². The number of hydrogen-bond donors (Lipinski definition) is 1. The molecule has 0 aromatic heterocycles. The van der Waals surface area contributed by atoms with E-state index in [9.17, 15) is 4.79 Å². The van der Waals surface area contributed by atoms with Gasteiger partial charge in [-0.1, -0.05) is 0 Å². The maximum atomic E-state index is 12.5. The van der Waals surface area contributed by atoms with Gasteiger partial charge in [0.05, 0.1) is 13.2 Å². The molecule has 3 aliphatic rings. The molecule has 5 nitrogen and oxygen atoms in total. The molecule has 1 N–H and O–H groups in total. The summed E-state index contributed by atoms with van der Waals surface area (Å²) in [6, 6.07) is 0.581. The third-order valence-corrected chi connectivity index (χ3v) is 4.89. The Morgan fingerprint density at radius 1 is 1.00 bits per heavy atom. The largest absolute Gasteiger partial charge is 0.378 e. The van der Waals surface area contributed by atoms with E-state index in [4.69, 9.17) is 4.74 Å². The minimum Gasteiger partial charge on any atom is -0.378 e. The van der Waals surface area contributed by atoms with Gasteiger partial charge in [-0.2, -0.15) is 0 Å². The number of ether oxygens (including phenoxy) is 1. The number of nitrogens with one attached hydrogen (secondary N) is 1. The summed E-state index contributed by atoms with van der Waals surface area (Å²) in [5.41, 5.74) is 0. The first-order valence-electron chi connectivity index (χ1n) is 8.18. The van der Waals surface area contributed by atoms with Gasteiger partial charge in [0.25, 0.3) is 0 Å². The van der Waals surface area contributed by atoms with Crippen LogP contribution in [0, 0.1) is 0 Å². The van der Waals surface area contributed by atoms with Gasteiger partial charge in [-0.3, -0.25) is 4.79 Å². The lowest BCUT2D eigenvalue weighted by molar-refractivity contribution is -0.136. The molecule has 0 saturated carbocycles. The fourth-order valence-corrected chi connectivity index (χ4v) is 3.72. The minimum atomic E-state index is -0.118. The van der Waals surface area contributed by atoms with E-state index in [0.29, 0.717) is 12.6 Å². The van der Waals surface area contributed by atoms with Gasteiger partial charge in [0, 0.05) is 25.7 Å². The molecule has 0 bridgehead atoms. The minimum absolute atomic E-state index is 0. The smallest absolute Gasteiger partial charge is 0.242 e. The van der Waals surface area contributed by atoms with Crippen LogP contribution in [-0.4, -0.2) is 73.7 Å².